The van der Waals surface area contributed by atoms with E-state index in [1.807, 2.05) is 36.6 Å². The van der Waals surface area contributed by atoms with Gasteiger partial charge in [-0.25, -0.2) is 0 Å². The lowest BCUT2D eigenvalue weighted by atomic mass is 10.0. The Labute approximate surface area is 155 Å². The Morgan fingerprint density at radius 1 is 1.08 bits per heavy atom. The van der Waals surface area contributed by atoms with Crippen molar-refractivity contribution < 1.29 is 4.79 Å². The molecule has 0 bridgehead atoms. The summed E-state index contributed by atoms with van der Waals surface area (Å²) < 4.78 is 3.21. The number of hydrogen-bond donors (Lipinski definition) is 2. The van der Waals surface area contributed by atoms with Crippen LogP contribution < -0.4 is 10.0 Å². The van der Waals surface area contributed by atoms with Gasteiger partial charge in [0.15, 0.2) is 0 Å². The number of benzene rings is 2. The van der Waals surface area contributed by atoms with E-state index in [4.69, 9.17) is 0 Å². The maximum Gasteiger partial charge on any atom is 0.223 e. The van der Waals surface area contributed by atoms with Gasteiger partial charge in [0.1, 0.15) is 0 Å². The number of para-hydroxylation sites is 1. The van der Waals surface area contributed by atoms with Crippen molar-refractivity contribution in [2.75, 3.05) is 11.0 Å². The van der Waals surface area contributed by atoms with Crippen LogP contribution in [0, 0.1) is 5.92 Å². The van der Waals surface area contributed by atoms with Crippen molar-refractivity contribution in [3.63, 3.8) is 0 Å². The molecule has 0 atom stereocenters. The van der Waals surface area contributed by atoms with Crippen molar-refractivity contribution in [1.82, 2.24) is 5.32 Å². The number of rotatable bonds is 6. The van der Waals surface area contributed by atoms with E-state index in [0.717, 1.165) is 24.1 Å². The van der Waals surface area contributed by atoms with Gasteiger partial charge in [0, 0.05) is 24.4 Å². The van der Waals surface area contributed by atoms with Gasteiger partial charge in [-0.1, -0.05) is 74.3 Å². The molecule has 3 rings (SSSR count). The molecule has 1 saturated carbocycles. The van der Waals surface area contributed by atoms with Gasteiger partial charge >= 0.3 is 0 Å². The van der Waals surface area contributed by atoms with Gasteiger partial charge in [-0.2, -0.15) is 0 Å². The molecule has 0 aliphatic heterocycles. The minimum absolute atomic E-state index is 0.193. The number of hydrogen-bond acceptors (Lipinski definition) is 3. The maximum absolute atomic E-state index is 11.5. The van der Waals surface area contributed by atoms with Crippen LogP contribution in [0.25, 0.3) is 0 Å². The summed E-state index contributed by atoms with van der Waals surface area (Å²) in [5.74, 6) is 1.13. The minimum atomic E-state index is 0.193. The molecule has 0 unspecified atom stereocenters. The first-order valence-electron chi connectivity index (χ1n) is 8.81. The highest BCUT2D eigenvalue weighted by atomic mass is 32.2. The van der Waals surface area contributed by atoms with Crippen molar-refractivity contribution >= 4 is 23.5 Å². The summed E-state index contributed by atoms with van der Waals surface area (Å²) in [5, 5.41) is 2.97. The standard InChI is InChI=1S/C12H16N2OS.C9H12/c1-16-14-11-5-3-2-4-10(11)8-13-12(15)9-6-7-9;1-8(2)9-6-4-3-5-7-9/h2-5,9,14H,6-8H2,1H3,(H,13,15);3-8H,1-2H3. The molecule has 2 N–H and O–H groups in total. The molecular formula is C21H28N2OS. The molecule has 0 heterocycles. The van der Waals surface area contributed by atoms with E-state index in [-0.39, 0.29) is 11.8 Å². The fourth-order valence-corrected chi connectivity index (χ4v) is 2.81. The van der Waals surface area contributed by atoms with E-state index >= 15 is 0 Å². The lowest BCUT2D eigenvalue weighted by molar-refractivity contribution is -0.122. The number of nitrogens with one attached hydrogen (secondary N) is 2. The molecule has 0 saturated heterocycles. The number of anilines is 1. The lowest BCUT2D eigenvalue weighted by Crippen LogP contribution is -2.24. The van der Waals surface area contributed by atoms with E-state index in [1.54, 1.807) is 11.9 Å². The second-order valence-electron chi connectivity index (χ2n) is 6.52. The SMILES string of the molecule is CC(C)c1ccccc1.CSNc1ccccc1CNC(=O)C1CC1. The number of amides is 1. The third-order valence-corrected chi connectivity index (χ3v) is 4.52. The molecule has 1 aliphatic carbocycles. The van der Waals surface area contributed by atoms with Crippen LogP contribution in [0.4, 0.5) is 5.69 Å². The monoisotopic (exact) mass is 356 g/mol. The van der Waals surface area contributed by atoms with Gasteiger partial charge in [-0.15, -0.1) is 0 Å². The molecule has 0 spiro atoms. The Hall–Kier alpha value is -1.94. The summed E-state index contributed by atoms with van der Waals surface area (Å²) in [6.07, 6.45) is 4.09. The Kier molecular flexibility index (Phi) is 7.86. The summed E-state index contributed by atoms with van der Waals surface area (Å²) in [5.41, 5.74) is 3.62. The second kappa shape index (κ2) is 10.1. The van der Waals surface area contributed by atoms with E-state index in [1.165, 1.54) is 5.56 Å². The summed E-state index contributed by atoms with van der Waals surface area (Å²) in [4.78, 5) is 11.5. The number of carbonyl (C=O) groups is 1. The average Bonchev–Trinajstić information content (AvgIpc) is 3.47. The molecule has 0 radical (unpaired) electrons. The first-order valence-corrected chi connectivity index (χ1v) is 10.0. The Morgan fingerprint density at radius 2 is 1.72 bits per heavy atom. The Bertz CT molecular complexity index is 654. The lowest BCUT2D eigenvalue weighted by Gasteiger charge is -2.10. The first-order chi connectivity index (χ1) is 12.1. The third-order valence-electron chi connectivity index (χ3n) is 4.10. The molecule has 0 aromatic heterocycles. The molecule has 2 aromatic rings. The van der Waals surface area contributed by atoms with E-state index in [2.05, 4.69) is 48.2 Å². The van der Waals surface area contributed by atoms with Crippen LogP contribution in [0.15, 0.2) is 54.6 Å². The van der Waals surface area contributed by atoms with Crippen LogP contribution >= 0.6 is 11.9 Å². The predicted molar refractivity (Wildman–Crippen MR) is 109 cm³/mol. The van der Waals surface area contributed by atoms with Crippen LogP contribution in [0.2, 0.25) is 0 Å². The van der Waals surface area contributed by atoms with Crippen LogP contribution in [-0.2, 0) is 11.3 Å². The molecule has 1 aliphatic rings. The first kappa shape index (κ1) is 19.4. The summed E-state index contributed by atoms with van der Waals surface area (Å²) >= 11 is 1.56. The Morgan fingerprint density at radius 3 is 2.28 bits per heavy atom. The zero-order valence-corrected chi connectivity index (χ0v) is 16.1. The van der Waals surface area contributed by atoms with Crippen LogP contribution in [-0.4, -0.2) is 12.2 Å². The molecule has 134 valence electrons. The van der Waals surface area contributed by atoms with Crippen molar-refractivity contribution in [2.45, 2.75) is 39.2 Å². The average molecular weight is 357 g/mol. The zero-order valence-electron chi connectivity index (χ0n) is 15.3. The fraction of sp³-hybridized carbons (Fsp3) is 0.381. The molecule has 3 nitrogen and oxygen atoms in total. The third kappa shape index (κ3) is 6.83. The van der Waals surface area contributed by atoms with Gasteiger partial charge < -0.3 is 10.0 Å². The van der Waals surface area contributed by atoms with Crippen molar-refractivity contribution in [3.8, 4) is 0 Å². The van der Waals surface area contributed by atoms with Crippen LogP contribution in [0.3, 0.4) is 0 Å². The molecule has 1 amide bonds. The van der Waals surface area contributed by atoms with Crippen molar-refractivity contribution in [1.29, 1.82) is 0 Å². The Balaban J connectivity index is 0.000000212. The van der Waals surface area contributed by atoms with Gasteiger partial charge in [0.2, 0.25) is 5.91 Å². The highest BCUT2D eigenvalue weighted by Gasteiger charge is 2.29. The number of carbonyl (C=O) groups excluding carboxylic acids is 1. The maximum atomic E-state index is 11.5. The highest BCUT2D eigenvalue weighted by molar-refractivity contribution is 7.99. The molecule has 4 heteroatoms. The molecular weight excluding hydrogens is 328 g/mol. The van der Waals surface area contributed by atoms with Crippen LogP contribution in [0.5, 0.6) is 0 Å². The van der Waals surface area contributed by atoms with Crippen molar-refractivity contribution in [2.24, 2.45) is 5.92 Å². The van der Waals surface area contributed by atoms with Gasteiger partial charge in [0.25, 0.3) is 0 Å². The minimum Gasteiger partial charge on any atom is -0.352 e. The normalized spacial score (nSPS) is 13.0. The van der Waals surface area contributed by atoms with Gasteiger partial charge in [0.05, 0.1) is 0 Å². The van der Waals surface area contributed by atoms with E-state index in [9.17, 15) is 4.79 Å². The van der Waals surface area contributed by atoms with Crippen LogP contribution in [0.1, 0.15) is 43.7 Å². The van der Waals surface area contributed by atoms with Gasteiger partial charge in [-0.3, -0.25) is 4.79 Å². The quantitative estimate of drug-likeness (QED) is 0.698. The zero-order chi connectivity index (χ0) is 18.1. The van der Waals surface area contributed by atoms with E-state index in [0.29, 0.717) is 12.5 Å². The summed E-state index contributed by atoms with van der Waals surface area (Å²) in [6, 6.07) is 18.6. The predicted octanol–water partition coefficient (Wildman–Crippen LogP) is 5.21. The van der Waals surface area contributed by atoms with E-state index < -0.39 is 0 Å². The fourth-order valence-electron chi connectivity index (χ4n) is 2.39. The molecule has 1 fully saturated rings. The largest absolute Gasteiger partial charge is 0.352 e. The van der Waals surface area contributed by atoms with Gasteiger partial charge in [-0.05, 0) is 36.0 Å². The molecule has 2 aromatic carbocycles. The highest BCUT2D eigenvalue weighted by Crippen LogP contribution is 2.29. The smallest absolute Gasteiger partial charge is 0.223 e. The van der Waals surface area contributed by atoms with Crippen molar-refractivity contribution in [3.05, 3.63) is 65.7 Å². The summed E-state index contributed by atoms with van der Waals surface area (Å²) in [6.45, 7) is 5.02. The topological polar surface area (TPSA) is 41.1 Å². The second-order valence-corrected chi connectivity index (χ2v) is 7.13. The summed E-state index contributed by atoms with van der Waals surface area (Å²) in [7, 11) is 0. The molecule has 25 heavy (non-hydrogen) atoms.